The molecule has 190 valence electrons. The van der Waals surface area contributed by atoms with Gasteiger partial charge in [0.05, 0.1) is 19.9 Å². The molecule has 0 aromatic heterocycles. The average Bonchev–Trinajstić information content (AvgIpc) is 2.94. The van der Waals surface area contributed by atoms with E-state index in [-0.39, 0.29) is 5.57 Å². The fourth-order valence-electron chi connectivity index (χ4n) is 4.17. The molecule has 1 fully saturated rings. The van der Waals surface area contributed by atoms with Crippen LogP contribution in [0.2, 0.25) is 0 Å². The first-order chi connectivity index (χ1) is 18.5. The Morgan fingerprint density at radius 2 is 1.55 bits per heavy atom. The van der Waals surface area contributed by atoms with Crippen LogP contribution in [0.25, 0.3) is 16.8 Å². The van der Waals surface area contributed by atoms with E-state index in [0.29, 0.717) is 35.1 Å². The molecule has 1 N–H and O–H groups in total. The Morgan fingerprint density at radius 3 is 2.29 bits per heavy atom. The van der Waals surface area contributed by atoms with Gasteiger partial charge in [-0.1, -0.05) is 42.5 Å². The van der Waals surface area contributed by atoms with Crippen molar-refractivity contribution in [1.29, 1.82) is 0 Å². The largest absolute Gasteiger partial charge is 0.497 e. The minimum absolute atomic E-state index is 0.188. The number of amides is 4. The highest BCUT2D eigenvalue weighted by Gasteiger charge is 2.36. The minimum Gasteiger partial charge on any atom is -0.497 e. The van der Waals surface area contributed by atoms with Crippen LogP contribution in [0.15, 0.2) is 90.5 Å². The number of anilines is 1. The van der Waals surface area contributed by atoms with Crippen LogP contribution < -0.4 is 24.4 Å². The molecule has 0 aliphatic carbocycles. The molecule has 0 saturated carbocycles. The zero-order valence-electron chi connectivity index (χ0n) is 20.8. The van der Waals surface area contributed by atoms with Crippen LogP contribution in [-0.2, 0) is 16.2 Å². The lowest BCUT2D eigenvalue weighted by Crippen LogP contribution is -2.54. The van der Waals surface area contributed by atoms with E-state index in [0.717, 1.165) is 21.2 Å². The standard InChI is InChI=1S/C30H24N2O6/c1-36-24-12-10-23(11-13-24)32-29(34)25(28(33)31-30(32)35)16-19-8-14-26(27(17-19)37-2)38-18-20-7-9-21-5-3-4-6-22(21)15-20/h3-17H,18H2,1-2H3,(H,31,33,35). The van der Waals surface area contributed by atoms with Crippen LogP contribution in [0, 0.1) is 0 Å². The summed E-state index contributed by atoms with van der Waals surface area (Å²) in [6.07, 6.45) is 1.41. The van der Waals surface area contributed by atoms with E-state index in [4.69, 9.17) is 14.2 Å². The molecule has 0 bridgehead atoms. The third-order valence-corrected chi connectivity index (χ3v) is 6.14. The maximum atomic E-state index is 13.2. The molecule has 4 aromatic rings. The highest BCUT2D eigenvalue weighted by atomic mass is 16.5. The zero-order valence-corrected chi connectivity index (χ0v) is 20.8. The molecule has 0 unspecified atom stereocenters. The number of fused-ring (bicyclic) bond motifs is 1. The van der Waals surface area contributed by atoms with E-state index in [1.807, 2.05) is 30.3 Å². The lowest BCUT2D eigenvalue weighted by atomic mass is 10.1. The van der Waals surface area contributed by atoms with E-state index < -0.39 is 17.8 Å². The van der Waals surface area contributed by atoms with Crippen LogP contribution in [0.3, 0.4) is 0 Å². The van der Waals surface area contributed by atoms with Gasteiger partial charge in [-0.25, -0.2) is 9.69 Å². The molecular weight excluding hydrogens is 484 g/mol. The van der Waals surface area contributed by atoms with E-state index in [2.05, 4.69) is 17.4 Å². The van der Waals surface area contributed by atoms with Crippen LogP contribution in [0.4, 0.5) is 10.5 Å². The molecule has 0 radical (unpaired) electrons. The number of carbonyl (C=O) groups excluding carboxylic acids is 3. The van der Waals surface area contributed by atoms with Crippen molar-refractivity contribution in [3.63, 3.8) is 0 Å². The topological polar surface area (TPSA) is 94.2 Å². The second-order valence-electron chi connectivity index (χ2n) is 8.54. The van der Waals surface area contributed by atoms with Crippen molar-refractivity contribution >= 4 is 40.4 Å². The molecule has 8 nitrogen and oxygen atoms in total. The van der Waals surface area contributed by atoms with Gasteiger partial charge in [-0.15, -0.1) is 0 Å². The summed E-state index contributed by atoms with van der Waals surface area (Å²) < 4.78 is 16.6. The molecule has 8 heteroatoms. The highest BCUT2D eigenvalue weighted by molar-refractivity contribution is 6.39. The molecule has 1 heterocycles. The second kappa shape index (κ2) is 10.5. The molecule has 4 amide bonds. The number of methoxy groups -OCH3 is 2. The van der Waals surface area contributed by atoms with E-state index >= 15 is 0 Å². The van der Waals surface area contributed by atoms with E-state index in [1.165, 1.54) is 20.3 Å². The van der Waals surface area contributed by atoms with Gasteiger partial charge in [-0.05, 0) is 70.4 Å². The molecule has 0 atom stereocenters. The fourth-order valence-corrected chi connectivity index (χ4v) is 4.17. The Labute approximate surface area is 219 Å². The third-order valence-electron chi connectivity index (χ3n) is 6.14. The number of barbiturate groups is 1. The summed E-state index contributed by atoms with van der Waals surface area (Å²) >= 11 is 0. The number of nitrogens with one attached hydrogen (secondary N) is 1. The summed E-state index contributed by atoms with van der Waals surface area (Å²) in [5, 5.41) is 4.50. The summed E-state index contributed by atoms with van der Waals surface area (Å²) in [4.78, 5) is 39.1. The molecule has 1 aliphatic heterocycles. The van der Waals surface area contributed by atoms with E-state index in [9.17, 15) is 14.4 Å². The van der Waals surface area contributed by atoms with Crippen molar-refractivity contribution in [3.8, 4) is 17.2 Å². The first-order valence-corrected chi connectivity index (χ1v) is 11.8. The van der Waals surface area contributed by atoms with Crippen molar-refractivity contribution < 1.29 is 28.6 Å². The van der Waals surface area contributed by atoms with Gasteiger partial charge in [0.1, 0.15) is 17.9 Å². The summed E-state index contributed by atoms with van der Waals surface area (Å²) in [7, 11) is 3.03. The maximum absolute atomic E-state index is 13.2. The number of hydrogen-bond donors (Lipinski definition) is 1. The Bertz CT molecular complexity index is 1580. The van der Waals surface area contributed by atoms with Gasteiger partial charge < -0.3 is 14.2 Å². The van der Waals surface area contributed by atoms with Gasteiger partial charge in [-0.2, -0.15) is 0 Å². The SMILES string of the molecule is COc1ccc(N2C(=O)NC(=O)C(=Cc3ccc(OCc4ccc5ccccc5c4)c(OC)c3)C2=O)cc1. The van der Waals surface area contributed by atoms with Crippen molar-refractivity contribution in [2.75, 3.05) is 19.1 Å². The monoisotopic (exact) mass is 508 g/mol. The number of carbonyl (C=O) groups is 3. The summed E-state index contributed by atoms with van der Waals surface area (Å²) in [5.41, 5.74) is 1.65. The number of ether oxygens (including phenoxy) is 3. The van der Waals surface area contributed by atoms with Gasteiger partial charge in [0.15, 0.2) is 11.5 Å². The number of rotatable bonds is 7. The molecule has 0 spiro atoms. The van der Waals surface area contributed by atoms with Gasteiger partial charge in [0, 0.05) is 0 Å². The smallest absolute Gasteiger partial charge is 0.335 e. The summed E-state index contributed by atoms with van der Waals surface area (Å²) in [5.74, 6) is 0.00418. The quantitative estimate of drug-likeness (QED) is 0.276. The van der Waals surface area contributed by atoms with E-state index in [1.54, 1.807) is 42.5 Å². The Kier molecular flexibility index (Phi) is 6.78. The molecule has 1 saturated heterocycles. The first-order valence-electron chi connectivity index (χ1n) is 11.8. The third kappa shape index (κ3) is 4.92. The zero-order chi connectivity index (χ0) is 26.6. The minimum atomic E-state index is -0.822. The van der Waals surface area contributed by atoms with Crippen molar-refractivity contribution in [1.82, 2.24) is 5.32 Å². The number of nitrogens with zero attached hydrogens (tertiary/aromatic N) is 1. The van der Waals surface area contributed by atoms with Crippen molar-refractivity contribution in [2.45, 2.75) is 6.61 Å². The fraction of sp³-hybridized carbons (Fsp3) is 0.100. The number of hydrogen-bond acceptors (Lipinski definition) is 6. The van der Waals surface area contributed by atoms with Crippen LogP contribution in [-0.4, -0.2) is 32.1 Å². The van der Waals surface area contributed by atoms with Crippen LogP contribution in [0.5, 0.6) is 17.2 Å². The van der Waals surface area contributed by atoms with Crippen molar-refractivity contribution in [2.24, 2.45) is 0 Å². The van der Waals surface area contributed by atoms with Gasteiger partial charge >= 0.3 is 6.03 Å². The predicted octanol–water partition coefficient (Wildman–Crippen LogP) is 5.10. The Hall–Kier alpha value is -5.11. The van der Waals surface area contributed by atoms with Gasteiger partial charge in [0.25, 0.3) is 11.8 Å². The Morgan fingerprint density at radius 1 is 0.789 bits per heavy atom. The molecular formula is C30H24N2O6. The lowest BCUT2D eigenvalue weighted by Gasteiger charge is -2.26. The van der Waals surface area contributed by atoms with Crippen molar-refractivity contribution in [3.05, 3.63) is 102 Å². The summed E-state index contributed by atoms with van der Waals surface area (Å²) in [6, 6.07) is 24.9. The molecule has 4 aromatic carbocycles. The van der Waals surface area contributed by atoms with Gasteiger partial charge in [-0.3, -0.25) is 14.9 Å². The average molecular weight is 509 g/mol. The van der Waals surface area contributed by atoms with Crippen LogP contribution >= 0.6 is 0 Å². The number of imide groups is 2. The summed E-state index contributed by atoms with van der Waals surface area (Å²) in [6.45, 7) is 0.335. The van der Waals surface area contributed by atoms with Crippen LogP contribution in [0.1, 0.15) is 11.1 Å². The first kappa shape index (κ1) is 24.6. The maximum Gasteiger partial charge on any atom is 0.335 e. The highest BCUT2D eigenvalue weighted by Crippen LogP contribution is 2.31. The molecule has 38 heavy (non-hydrogen) atoms. The number of benzene rings is 4. The predicted molar refractivity (Wildman–Crippen MR) is 143 cm³/mol. The van der Waals surface area contributed by atoms with Gasteiger partial charge in [0.2, 0.25) is 0 Å². The Balaban J connectivity index is 1.37. The molecule has 1 aliphatic rings. The normalized spacial score (nSPS) is 14.5. The molecule has 5 rings (SSSR count). The lowest BCUT2D eigenvalue weighted by molar-refractivity contribution is -0.122. The number of urea groups is 1. The second-order valence-corrected chi connectivity index (χ2v) is 8.54.